The topological polar surface area (TPSA) is 71.5 Å². The number of aliphatic imine (C=N–C) groups is 1. The highest BCUT2D eigenvalue weighted by Crippen LogP contribution is 2.32. The molecule has 0 atom stereocenters. The van der Waals surface area contributed by atoms with E-state index in [0.717, 1.165) is 27.6 Å². The fourth-order valence-electron chi connectivity index (χ4n) is 3.43. The lowest BCUT2D eigenvalue weighted by molar-refractivity contribution is 0.475. The van der Waals surface area contributed by atoms with E-state index in [1.165, 1.54) is 0 Å². The first-order valence-electron chi connectivity index (χ1n) is 9.27. The lowest BCUT2D eigenvalue weighted by Gasteiger charge is -2.07. The zero-order valence-corrected chi connectivity index (χ0v) is 15.7. The molecule has 0 bridgehead atoms. The molecule has 1 N–H and O–H groups in total. The quantitative estimate of drug-likeness (QED) is 0.402. The van der Waals surface area contributed by atoms with E-state index in [9.17, 15) is 5.11 Å². The van der Waals surface area contributed by atoms with Gasteiger partial charge in [-0.05, 0) is 53.6 Å². The average Bonchev–Trinajstić information content (AvgIpc) is 3.18. The van der Waals surface area contributed by atoms with Gasteiger partial charge in [0.05, 0.1) is 5.69 Å². The smallest absolute Gasteiger partial charge is 0.229 e. The first-order valence-corrected chi connectivity index (χ1v) is 9.27. The molecule has 0 aliphatic heterocycles. The zero-order chi connectivity index (χ0) is 19.8. The number of benzene rings is 3. The Balaban J connectivity index is 1.58. The summed E-state index contributed by atoms with van der Waals surface area (Å²) in [5.41, 5.74) is 4.51. The average molecular weight is 379 g/mol. The molecule has 5 nitrogen and oxygen atoms in total. The summed E-state index contributed by atoms with van der Waals surface area (Å²) in [5, 5.41) is 12.4. The van der Waals surface area contributed by atoms with Crippen LogP contribution in [0.2, 0.25) is 0 Å². The molecule has 5 aromatic rings. The van der Waals surface area contributed by atoms with Gasteiger partial charge in [-0.25, -0.2) is 4.98 Å². The lowest BCUT2D eigenvalue weighted by atomic mass is 10.0. The van der Waals surface area contributed by atoms with Crippen molar-refractivity contribution in [2.24, 2.45) is 4.99 Å². The van der Waals surface area contributed by atoms with Gasteiger partial charge < -0.3 is 9.52 Å². The molecule has 0 aliphatic carbocycles. The van der Waals surface area contributed by atoms with Crippen LogP contribution in [0.1, 0.15) is 11.1 Å². The molecule has 0 unspecified atom stereocenters. The fourth-order valence-corrected chi connectivity index (χ4v) is 3.43. The van der Waals surface area contributed by atoms with Crippen LogP contribution in [0.15, 0.2) is 82.3 Å². The highest BCUT2D eigenvalue weighted by molar-refractivity contribution is 6.03. The number of aromatic nitrogens is 2. The lowest BCUT2D eigenvalue weighted by Crippen LogP contribution is -1.88. The molecule has 0 radical (unpaired) electrons. The number of fused-ring (bicyclic) bond motifs is 2. The summed E-state index contributed by atoms with van der Waals surface area (Å²) < 4.78 is 5.86. The van der Waals surface area contributed by atoms with Crippen molar-refractivity contribution in [2.75, 3.05) is 0 Å². The van der Waals surface area contributed by atoms with Crippen LogP contribution in [0.3, 0.4) is 0 Å². The third-order valence-corrected chi connectivity index (χ3v) is 4.98. The SMILES string of the molecule is Cc1c(N=Cc2c(O)ccc3ccccc23)cccc1-c1nc2ncccc2o1. The van der Waals surface area contributed by atoms with E-state index in [1.807, 2.05) is 67.6 Å². The summed E-state index contributed by atoms with van der Waals surface area (Å²) in [6.07, 6.45) is 3.40. The Morgan fingerprint density at radius 1 is 0.966 bits per heavy atom. The predicted molar refractivity (Wildman–Crippen MR) is 115 cm³/mol. The van der Waals surface area contributed by atoms with Gasteiger partial charge in [0.2, 0.25) is 5.89 Å². The molecule has 0 amide bonds. The second-order valence-corrected chi connectivity index (χ2v) is 6.77. The summed E-state index contributed by atoms with van der Waals surface area (Å²) in [4.78, 5) is 13.4. The standard InChI is InChI=1S/C24H17N3O2/c1-15-17(24-27-23-22(29-24)10-5-13-25-23)8-4-9-20(15)26-14-19-18-7-3-2-6-16(18)11-12-21(19)28/h2-14,28H,1H3. The van der Waals surface area contributed by atoms with Gasteiger partial charge in [-0.1, -0.05) is 36.4 Å². The van der Waals surface area contributed by atoms with Crippen molar-refractivity contribution in [3.8, 4) is 17.2 Å². The van der Waals surface area contributed by atoms with Gasteiger partial charge in [0.1, 0.15) is 5.75 Å². The third-order valence-electron chi connectivity index (χ3n) is 4.98. The van der Waals surface area contributed by atoms with Crippen LogP contribution in [-0.4, -0.2) is 21.3 Å². The van der Waals surface area contributed by atoms with Crippen LogP contribution in [-0.2, 0) is 0 Å². The number of hydrogen-bond acceptors (Lipinski definition) is 5. The maximum absolute atomic E-state index is 10.3. The van der Waals surface area contributed by atoms with Gasteiger partial charge in [-0.3, -0.25) is 4.99 Å². The monoisotopic (exact) mass is 379 g/mol. The van der Waals surface area contributed by atoms with Crippen molar-refractivity contribution >= 4 is 33.9 Å². The summed E-state index contributed by atoms with van der Waals surface area (Å²) in [6.45, 7) is 1.98. The van der Waals surface area contributed by atoms with E-state index < -0.39 is 0 Å². The van der Waals surface area contributed by atoms with E-state index in [1.54, 1.807) is 18.5 Å². The number of hydrogen-bond donors (Lipinski definition) is 1. The van der Waals surface area contributed by atoms with Gasteiger partial charge in [0.15, 0.2) is 11.2 Å². The van der Waals surface area contributed by atoms with Crippen LogP contribution < -0.4 is 0 Å². The van der Waals surface area contributed by atoms with E-state index in [2.05, 4.69) is 15.0 Å². The number of pyridine rings is 1. The Kier molecular flexibility index (Phi) is 4.06. The predicted octanol–water partition coefficient (Wildman–Crippen LogP) is 5.81. The number of phenolic OH excluding ortho intramolecular Hbond substituents is 1. The number of phenols is 1. The summed E-state index contributed by atoms with van der Waals surface area (Å²) in [7, 11) is 0. The molecule has 0 fully saturated rings. The van der Waals surface area contributed by atoms with Crippen molar-refractivity contribution in [2.45, 2.75) is 6.92 Å². The summed E-state index contributed by atoms with van der Waals surface area (Å²) >= 11 is 0. The van der Waals surface area contributed by atoms with Crippen molar-refractivity contribution in [3.63, 3.8) is 0 Å². The first-order chi connectivity index (χ1) is 14.2. The molecule has 2 aromatic heterocycles. The highest BCUT2D eigenvalue weighted by Gasteiger charge is 2.13. The Morgan fingerprint density at radius 3 is 2.76 bits per heavy atom. The minimum atomic E-state index is 0.200. The normalized spacial score (nSPS) is 11.6. The Hall–Kier alpha value is -3.99. The van der Waals surface area contributed by atoms with Crippen molar-refractivity contribution < 1.29 is 9.52 Å². The maximum Gasteiger partial charge on any atom is 0.229 e. The zero-order valence-electron chi connectivity index (χ0n) is 15.7. The van der Waals surface area contributed by atoms with Gasteiger partial charge in [-0.15, -0.1) is 0 Å². The molecular formula is C24H17N3O2. The Morgan fingerprint density at radius 2 is 1.86 bits per heavy atom. The van der Waals surface area contributed by atoms with Gasteiger partial charge in [-0.2, -0.15) is 4.98 Å². The van der Waals surface area contributed by atoms with E-state index in [0.29, 0.717) is 22.7 Å². The van der Waals surface area contributed by atoms with Crippen LogP contribution >= 0.6 is 0 Å². The molecule has 140 valence electrons. The third kappa shape index (κ3) is 3.02. The largest absolute Gasteiger partial charge is 0.507 e. The second kappa shape index (κ2) is 6.87. The minimum Gasteiger partial charge on any atom is -0.507 e. The second-order valence-electron chi connectivity index (χ2n) is 6.77. The fraction of sp³-hybridized carbons (Fsp3) is 0.0417. The highest BCUT2D eigenvalue weighted by atomic mass is 16.3. The maximum atomic E-state index is 10.3. The van der Waals surface area contributed by atoms with Gasteiger partial charge >= 0.3 is 0 Å². The summed E-state index contributed by atoms with van der Waals surface area (Å²) in [6, 6.07) is 21.0. The molecule has 2 heterocycles. The molecule has 29 heavy (non-hydrogen) atoms. The molecular weight excluding hydrogens is 362 g/mol. The Labute approximate surface area is 167 Å². The van der Waals surface area contributed by atoms with E-state index in [4.69, 9.17) is 4.42 Å². The molecule has 5 heteroatoms. The minimum absolute atomic E-state index is 0.200. The molecule has 5 rings (SSSR count). The van der Waals surface area contributed by atoms with Crippen molar-refractivity contribution in [3.05, 3.63) is 84.1 Å². The number of rotatable bonds is 3. The molecule has 0 spiro atoms. The Bertz CT molecular complexity index is 1350. The molecule has 0 saturated carbocycles. The molecule has 3 aromatic carbocycles. The molecule has 0 saturated heterocycles. The van der Waals surface area contributed by atoms with Gasteiger partial charge in [0, 0.05) is 23.5 Å². The van der Waals surface area contributed by atoms with Crippen molar-refractivity contribution in [1.82, 2.24) is 9.97 Å². The van der Waals surface area contributed by atoms with Gasteiger partial charge in [0.25, 0.3) is 0 Å². The number of aromatic hydroxyl groups is 1. The van der Waals surface area contributed by atoms with E-state index in [-0.39, 0.29) is 5.75 Å². The van der Waals surface area contributed by atoms with E-state index >= 15 is 0 Å². The summed E-state index contributed by atoms with van der Waals surface area (Å²) in [5.74, 6) is 0.715. The number of oxazole rings is 1. The van der Waals surface area contributed by atoms with Crippen LogP contribution in [0.4, 0.5) is 5.69 Å². The van der Waals surface area contributed by atoms with Crippen molar-refractivity contribution in [1.29, 1.82) is 0 Å². The first kappa shape index (κ1) is 17.1. The molecule has 0 aliphatic rings. The van der Waals surface area contributed by atoms with Crippen LogP contribution in [0.5, 0.6) is 5.75 Å². The van der Waals surface area contributed by atoms with Crippen LogP contribution in [0, 0.1) is 6.92 Å². The van der Waals surface area contributed by atoms with Crippen LogP contribution in [0.25, 0.3) is 33.5 Å². The number of nitrogens with zero attached hydrogens (tertiary/aromatic N) is 3.